The van der Waals surface area contributed by atoms with Crippen molar-refractivity contribution in [3.05, 3.63) is 29.8 Å². The molecule has 0 aliphatic heterocycles. The van der Waals surface area contributed by atoms with Crippen LogP contribution in [0, 0.1) is 0 Å². The van der Waals surface area contributed by atoms with Gasteiger partial charge in [0, 0.05) is 18.4 Å². The van der Waals surface area contributed by atoms with Crippen molar-refractivity contribution in [3.63, 3.8) is 0 Å². The van der Waals surface area contributed by atoms with E-state index < -0.39 is 19.9 Å². The van der Waals surface area contributed by atoms with Gasteiger partial charge >= 0.3 is 0 Å². The Morgan fingerprint density at radius 1 is 1.21 bits per heavy atom. The summed E-state index contributed by atoms with van der Waals surface area (Å²) in [6.07, 6.45) is 1.04. The average Bonchev–Trinajstić information content (AvgIpc) is 2.27. The van der Waals surface area contributed by atoms with E-state index in [9.17, 15) is 16.8 Å². The maximum absolute atomic E-state index is 11.8. The second-order valence-corrected chi connectivity index (χ2v) is 8.38. The molecule has 1 aromatic carbocycles. The van der Waals surface area contributed by atoms with Crippen molar-refractivity contribution in [3.8, 4) is 0 Å². The summed E-state index contributed by atoms with van der Waals surface area (Å²) in [7, 11) is -6.93. The van der Waals surface area contributed by atoms with Crippen molar-refractivity contribution >= 4 is 37.1 Å². The molecule has 0 atom stereocenters. The van der Waals surface area contributed by atoms with Crippen LogP contribution in [0.5, 0.6) is 0 Å². The first-order valence-corrected chi connectivity index (χ1v) is 9.14. The molecule has 0 spiro atoms. The number of sulfone groups is 1. The summed E-state index contributed by atoms with van der Waals surface area (Å²) in [5.74, 6) is -0.253. The molecule has 9 heteroatoms. The monoisotopic (exact) mass is 322 g/mol. The molecule has 106 valence electrons. The molecule has 0 fully saturated rings. The Morgan fingerprint density at radius 2 is 1.74 bits per heavy atom. The van der Waals surface area contributed by atoms with Gasteiger partial charge in [0.05, 0.1) is 10.6 Å². The molecular weight excluding hydrogens is 308 g/mol. The van der Waals surface area contributed by atoms with E-state index in [0.29, 0.717) is 5.56 Å². The van der Waals surface area contributed by atoms with Crippen molar-refractivity contribution < 1.29 is 16.8 Å². The van der Waals surface area contributed by atoms with Crippen molar-refractivity contribution in [2.45, 2.75) is 4.90 Å². The highest BCUT2D eigenvalue weighted by molar-refractivity contribution is 7.91. The van der Waals surface area contributed by atoms with Gasteiger partial charge in [-0.15, -0.1) is 0 Å². The standard InChI is InChI=1S/C10H14N2O4S3/c1-18(13,14)7-6-12-19(15,16)9-4-2-8(3-5-9)10(11)17/h2-5,12H,6-7H2,1H3,(H2,11,17). The minimum absolute atomic E-state index is 0.0287. The summed E-state index contributed by atoms with van der Waals surface area (Å²) < 4.78 is 47.7. The molecule has 0 unspecified atom stereocenters. The smallest absolute Gasteiger partial charge is 0.240 e. The van der Waals surface area contributed by atoms with Crippen LogP contribution in [0.2, 0.25) is 0 Å². The van der Waals surface area contributed by atoms with Gasteiger partial charge in [-0.3, -0.25) is 0 Å². The van der Waals surface area contributed by atoms with Gasteiger partial charge in [0.15, 0.2) is 0 Å². The molecule has 0 saturated carbocycles. The van der Waals surface area contributed by atoms with E-state index in [4.69, 9.17) is 18.0 Å². The van der Waals surface area contributed by atoms with Gasteiger partial charge in [0.1, 0.15) is 14.8 Å². The third kappa shape index (κ3) is 5.23. The van der Waals surface area contributed by atoms with Gasteiger partial charge in [-0.1, -0.05) is 24.4 Å². The highest BCUT2D eigenvalue weighted by Gasteiger charge is 2.14. The quantitative estimate of drug-likeness (QED) is 0.693. The van der Waals surface area contributed by atoms with E-state index in [0.717, 1.165) is 6.26 Å². The predicted molar refractivity (Wildman–Crippen MR) is 77.2 cm³/mol. The summed E-state index contributed by atoms with van der Waals surface area (Å²) in [6.45, 7) is -0.168. The number of nitrogens with two attached hydrogens (primary N) is 1. The third-order valence-corrected chi connectivity index (χ3v) is 4.87. The number of sulfonamides is 1. The number of nitrogens with one attached hydrogen (secondary N) is 1. The van der Waals surface area contributed by atoms with Crippen LogP contribution in [-0.2, 0) is 19.9 Å². The van der Waals surface area contributed by atoms with Crippen LogP contribution in [0.4, 0.5) is 0 Å². The maximum atomic E-state index is 11.8. The largest absolute Gasteiger partial charge is 0.389 e. The van der Waals surface area contributed by atoms with Gasteiger partial charge in [0.2, 0.25) is 10.0 Å². The fourth-order valence-corrected chi connectivity index (χ4v) is 3.01. The zero-order valence-corrected chi connectivity index (χ0v) is 12.6. The van der Waals surface area contributed by atoms with Crippen molar-refractivity contribution in [1.29, 1.82) is 0 Å². The van der Waals surface area contributed by atoms with Crippen molar-refractivity contribution in [1.82, 2.24) is 4.72 Å². The summed E-state index contributed by atoms with van der Waals surface area (Å²) >= 11 is 4.76. The molecule has 1 rings (SSSR count). The van der Waals surface area contributed by atoms with Crippen molar-refractivity contribution in [2.24, 2.45) is 5.73 Å². The molecule has 19 heavy (non-hydrogen) atoms. The number of rotatable bonds is 6. The molecule has 0 saturated heterocycles. The molecule has 1 aromatic rings. The zero-order valence-electron chi connectivity index (χ0n) is 10.2. The maximum Gasteiger partial charge on any atom is 0.240 e. The first-order valence-electron chi connectivity index (χ1n) is 5.19. The number of thiocarbonyl (C=S) groups is 1. The van der Waals surface area contributed by atoms with Crippen LogP contribution >= 0.6 is 12.2 Å². The van der Waals surface area contributed by atoms with E-state index >= 15 is 0 Å². The zero-order chi connectivity index (χ0) is 14.7. The Balaban J connectivity index is 2.80. The minimum atomic E-state index is -3.72. The molecule has 6 nitrogen and oxygen atoms in total. The van der Waals surface area contributed by atoms with Crippen molar-refractivity contribution in [2.75, 3.05) is 18.6 Å². The molecule has 0 aromatic heterocycles. The van der Waals surface area contributed by atoms with E-state index in [1.54, 1.807) is 0 Å². The second kappa shape index (κ2) is 5.95. The van der Waals surface area contributed by atoms with Crippen LogP contribution in [0.3, 0.4) is 0 Å². The summed E-state index contributed by atoms with van der Waals surface area (Å²) in [6, 6.07) is 5.70. The Bertz CT molecular complexity index is 663. The fourth-order valence-electron chi connectivity index (χ4n) is 1.24. The van der Waals surface area contributed by atoms with E-state index in [1.165, 1.54) is 24.3 Å². The average molecular weight is 322 g/mol. The van der Waals surface area contributed by atoms with Gasteiger partial charge < -0.3 is 5.73 Å². The molecular formula is C10H14N2O4S3. The molecule has 0 aliphatic rings. The number of hydrogen-bond acceptors (Lipinski definition) is 5. The highest BCUT2D eigenvalue weighted by Crippen LogP contribution is 2.10. The lowest BCUT2D eigenvalue weighted by Crippen LogP contribution is -2.29. The minimum Gasteiger partial charge on any atom is -0.389 e. The molecule has 0 heterocycles. The van der Waals surface area contributed by atoms with Gasteiger partial charge in [-0.05, 0) is 12.1 Å². The molecule has 0 aliphatic carbocycles. The lowest BCUT2D eigenvalue weighted by atomic mass is 10.2. The van der Waals surface area contributed by atoms with Crippen LogP contribution < -0.4 is 10.5 Å². The first-order chi connectivity index (χ1) is 8.62. The third-order valence-electron chi connectivity index (χ3n) is 2.21. The highest BCUT2D eigenvalue weighted by atomic mass is 32.2. The van der Waals surface area contributed by atoms with Crippen LogP contribution in [0.25, 0.3) is 0 Å². The number of benzene rings is 1. The van der Waals surface area contributed by atoms with E-state index in [2.05, 4.69) is 4.72 Å². The van der Waals surface area contributed by atoms with Gasteiger partial charge in [-0.25, -0.2) is 21.6 Å². The Kier molecular flexibility index (Phi) is 5.02. The Hall–Kier alpha value is -1.03. The lowest BCUT2D eigenvalue weighted by Gasteiger charge is -2.06. The summed E-state index contributed by atoms with van der Waals surface area (Å²) in [4.78, 5) is 0.204. The van der Waals surface area contributed by atoms with Crippen LogP contribution in [0.1, 0.15) is 5.56 Å². The molecule has 3 N–H and O–H groups in total. The van der Waals surface area contributed by atoms with Crippen LogP contribution in [-0.4, -0.2) is 40.4 Å². The first kappa shape index (κ1) is 16.0. The van der Waals surface area contributed by atoms with Gasteiger partial charge in [-0.2, -0.15) is 0 Å². The second-order valence-electron chi connectivity index (χ2n) is 3.92. The topological polar surface area (TPSA) is 106 Å². The normalized spacial score (nSPS) is 12.3. The predicted octanol–water partition coefficient (Wildman–Crippen LogP) is -0.356. The van der Waals surface area contributed by atoms with Gasteiger partial charge in [0.25, 0.3) is 0 Å². The van der Waals surface area contributed by atoms with E-state index in [1.807, 2.05) is 0 Å². The fraction of sp³-hybridized carbons (Fsp3) is 0.300. The molecule has 0 amide bonds. The van der Waals surface area contributed by atoms with E-state index in [-0.39, 0.29) is 22.2 Å². The van der Waals surface area contributed by atoms with Crippen LogP contribution in [0.15, 0.2) is 29.2 Å². The summed E-state index contributed by atoms with van der Waals surface area (Å²) in [5.41, 5.74) is 5.96. The number of hydrogen-bond donors (Lipinski definition) is 2. The summed E-state index contributed by atoms with van der Waals surface area (Å²) in [5, 5.41) is 0. The Morgan fingerprint density at radius 3 is 2.16 bits per heavy atom. The Labute approximate surface area is 118 Å². The molecule has 0 bridgehead atoms. The molecule has 0 radical (unpaired) electrons. The SMILES string of the molecule is CS(=O)(=O)CCNS(=O)(=O)c1ccc(C(N)=S)cc1. The lowest BCUT2D eigenvalue weighted by molar-refractivity contribution is 0.582.